The molecule has 0 saturated heterocycles. The highest BCUT2D eigenvalue weighted by Gasteiger charge is 2.36. The lowest BCUT2D eigenvalue weighted by molar-refractivity contribution is -0.115. The fraction of sp³-hybridized carbons (Fsp3) is 0.542. The van der Waals surface area contributed by atoms with Gasteiger partial charge in [0.15, 0.2) is 5.78 Å². The second-order valence-electron chi connectivity index (χ2n) is 8.76. The molecule has 0 spiro atoms. The van der Waals surface area contributed by atoms with Crippen LogP contribution < -0.4 is 0 Å². The fourth-order valence-electron chi connectivity index (χ4n) is 5.17. The van der Waals surface area contributed by atoms with Crippen molar-refractivity contribution in [2.45, 2.75) is 64.2 Å². The van der Waals surface area contributed by atoms with Crippen LogP contribution in [0.2, 0.25) is 10.0 Å². The Balaban J connectivity index is 1.27. The minimum absolute atomic E-state index is 0.231. The summed E-state index contributed by atoms with van der Waals surface area (Å²) in [5.41, 5.74) is 1.60. The summed E-state index contributed by atoms with van der Waals surface area (Å²) in [6, 6.07) is 2.91. The second kappa shape index (κ2) is 9.23. The zero-order chi connectivity index (χ0) is 21.3. The predicted octanol–water partition coefficient (Wildman–Crippen LogP) is 6.25. The molecule has 1 saturated carbocycles. The van der Waals surface area contributed by atoms with Crippen LogP contribution in [0.1, 0.15) is 84.9 Å². The van der Waals surface area contributed by atoms with Crippen molar-refractivity contribution in [2.24, 2.45) is 11.8 Å². The van der Waals surface area contributed by atoms with Gasteiger partial charge in [-0.05, 0) is 68.1 Å². The number of fused-ring (bicyclic) bond motifs is 2. The normalized spacial score (nSPS) is 23.7. The van der Waals surface area contributed by atoms with Crippen LogP contribution in [0, 0.1) is 11.8 Å². The van der Waals surface area contributed by atoms with Crippen molar-refractivity contribution < 1.29 is 14.4 Å². The average molecular weight is 448 g/mol. The minimum Gasteiger partial charge on any atom is -0.295 e. The summed E-state index contributed by atoms with van der Waals surface area (Å²) in [5, 5.41) is 0.529. The monoisotopic (exact) mass is 447 g/mol. The third-order valence-electron chi connectivity index (χ3n) is 6.92. The Morgan fingerprint density at radius 1 is 0.933 bits per heavy atom. The van der Waals surface area contributed by atoms with Crippen LogP contribution in [-0.4, -0.2) is 29.0 Å². The first-order valence-electron chi connectivity index (χ1n) is 11.0. The topological polar surface area (TPSA) is 54.5 Å². The van der Waals surface area contributed by atoms with E-state index < -0.39 is 0 Å². The lowest BCUT2D eigenvalue weighted by atomic mass is 9.76. The van der Waals surface area contributed by atoms with Crippen LogP contribution >= 0.6 is 23.2 Å². The molecular formula is C24H27Cl2NO3. The molecule has 6 heteroatoms. The van der Waals surface area contributed by atoms with E-state index in [0.29, 0.717) is 36.9 Å². The summed E-state index contributed by atoms with van der Waals surface area (Å²) in [7, 11) is 0. The van der Waals surface area contributed by atoms with Gasteiger partial charge in [-0.3, -0.25) is 19.3 Å². The van der Waals surface area contributed by atoms with Gasteiger partial charge >= 0.3 is 0 Å². The summed E-state index contributed by atoms with van der Waals surface area (Å²) in [5.74, 6) is 1.11. The number of hydrogen-bond donors (Lipinski definition) is 0. The molecule has 0 N–H and O–H groups in total. The number of Topliss-reactive ketones (excluding diaryl/α,β-unsaturated/α-hetero) is 1. The van der Waals surface area contributed by atoms with Crippen LogP contribution in [0.15, 0.2) is 23.8 Å². The van der Waals surface area contributed by atoms with E-state index in [2.05, 4.69) is 6.08 Å². The largest absolute Gasteiger partial charge is 0.295 e. The molecular weight excluding hydrogens is 421 g/mol. The summed E-state index contributed by atoms with van der Waals surface area (Å²) in [6.07, 6.45) is 12.3. The Labute approximate surface area is 187 Å². The van der Waals surface area contributed by atoms with Gasteiger partial charge < -0.3 is 0 Å². The van der Waals surface area contributed by atoms with E-state index in [0.717, 1.165) is 36.7 Å². The van der Waals surface area contributed by atoms with Crippen LogP contribution in [0.5, 0.6) is 0 Å². The molecule has 1 aromatic carbocycles. The van der Waals surface area contributed by atoms with Gasteiger partial charge in [0.2, 0.25) is 0 Å². The maximum atomic E-state index is 12.7. The first-order valence-corrected chi connectivity index (χ1v) is 11.8. The Morgan fingerprint density at radius 3 is 2.23 bits per heavy atom. The zero-order valence-corrected chi connectivity index (χ0v) is 18.6. The van der Waals surface area contributed by atoms with Crippen LogP contribution in [0.25, 0.3) is 0 Å². The molecule has 0 radical (unpaired) electrons. The van der Waals surface area contributed by atoms with Crippen molar-refractivity contribution in [2.75, 3.05) is 6.54 Å². The molecule has 4 rings (SSSR count). The summed E-state index contributed by atoms with van der Waals surface area (Å²) < 4.78 is 0. The van der Waals surface area contributed by atoms with Gasteiger partial charge in [-0.2, -0.15) is 0 Å². The number of hydrogen-bond acceptors (Lipinski definition) is 3. The van der Waals surface area contributed by atoms with E-state index >= 15 is 0 Å². The quantitative estimate of drug-likeness (QED) is 0.382. The maximum Gasteiger partial charge on any atom is 0.261 e. The number of rotatable bonds is 6. The summed E-state index contributed by atoms with van der Waals surface area (Å²) >= 11 is 12.0. The summed E-state index contributed by atoms with van der Waals surface area (Å²) in [6.45, 7) is 0.304. The number of carbonyl (C=O) groups excluding carboxylic acids is 3. The van der Waals surface area contributed by atoms with Crippen LogP contribution in [0.3, 0.4) is 0 Å². The fourth-order valence-corrected chi connectivity index (χ4v) is 5.49. The van der Waals surface area contributed by atoms with Crippen molar-refractivity contribution in [3.8, 4) is 0 Å². The van der Waals surface area contributed by atoms with Gasteiger partial charge in [-0.15, -0.1) is 0 Å². The van der Waals surface area contributed by atoms with E-state index in [1.54, 1.807) is 0 Å². The lowest BCUT2D eigenvalue weighted by Crippen LogP contribution is -2.30. The summed E-state index contributed by atoms with van der Waals surface area (Å²) in [4.78, 5) is 39.0. The molecule has 2 atom stereocenters. The third-order valence-corrected chi connectivity index (χ3v) is 7.65. The highest BCUT2D eigenvalue weighted by Crippen LogP contribution is 2.39. The molecule has 1 aliphatic heterocycles. The van der Waals surface area contributed by atoms with Crippen molar-refractivity contribution in [1.82, 2.24) is 4.90 Å². The number of carbonyl (C=O) groups is 3. The Hall–Kier alpha value is -1.65. The molecule has 30 heavy (non-hydrogen) atoms. The van der Waals surface area contributed by atoms with Crippen LogP contribution in [0.4, 0.5) is 0 Å². The molecule has 1 fully saturated rings. The average Bonchev–Trinajstić information content (AvgIpc) is 2.90. The number of unbranched alkanes of at least 4 members (excludes halogenated alkanes) is 1. The molecule has 1 aromatic rings. The van der Waals surface area contributed by atoms with Gasteiger partial charge in [0.25, 0.3) is 11.8 Å². The molecule has 0 aromatic heterocycles. The SMILES string of the molecule is O=C(CCCCN1C(=O)c2cc(Cl)c(Cl)cc2C1=O)C1=CCC2CCCCC2CC1. The van der Waals surface area contributed by atoms with E-state index in [4.69, 9.17) is 23.2 Å². The molecule has 2 aliphatic carbocycles. The molecule has 2 unspecified atom stereocenters. The van der Waals surface area contributed by atoms with Crippen molar-refractivity contribution in [3.63, 3.8) is 0 Å². The number of ketones is 1. The molecule has 3 aliphatic rings. The number of benzene rings is 1. The lowest BCUT2D eigenvalue weighted by Gasteiger charge is -2.29. The molecule has 1 heterocycles. The first-order chi connectivity index (χ1) is 14.5. The van der Waals surface area contributed by atoms with E-state index in [1.165, 1.54) is 42.7 Å². The highest BCUT2D eigenvalue weighted by molar-refractivity contribution is 6.43. The van der Waals surface area contributed by atoms with Gasteiger partial charge in [-0.25, -0.2) is 0 Å². The third kappa shape index (κ3) is 4.36. The van der Waals surface area contributed by atoms with Crippen molar-refractivity contribution in [1.29, 1.82) is 0 Å². The maximum absolute atomic E-state index is 12.7. The van der Waals surface area contributed by atoms with E-state index in [9.17, 15) is 14.4 Å². The van der Waals surface area contributed by atoms with Gasteiger partial charge in [0.1, 0.15) is 0 Å². The molecule has 0 bridgehead atoms. The smallest absolute Gasteiger partial charge is 0.261 e. The Kier molecular flexibility index (Phi) is 6.64. The zero-order valence-electron chi connectivity index (χ0n) is 17.1. The standard InChI is InChI=1S/C24H27Cl2NO3/c25-20-13-18-19(14-21(20)26)24(30)27(23(18)29)12-4-3-7-22(28)17-10-8-15-5-1-2-6-16(15)9-11-17/h10,13-16H,1-9,11-12H2. The highest BCUT2D eigenvalue weighted by atomic mass is 35.5. The van der Waals surface area contributed by atoms with Gasteiger partial charge in [-0.1, -0.05) is 48.5 Å². The number of nitrogens with zero attached hydrogens (tertiary/aromatic N) is 1. The van der Waals surface area contributed by atoms with Crippen molar-refractivity contribution in [3.05, 3.63) is 45.0 Å². The first kappa shape index (κ1) is 21.6. The van der Waals surface area contributed by atoms with E-state index in [-0.39, 0.29) is 27.6 Å². The molecule has 160 valence electrons. The number of allylic oxidation sites excluding steroid dienone is 2. The number of imide groups is 1. The minimum atomic E-state index is -0.339. The molecule has 2 amide bonds. The van der Waals surface area contributed by atoms with E-state index in [1.807, 2.05) is 0 Å². The second-order valence-corrected chi connectivity index (χ2v) is 9.58. The van der Waals surface area contributed by atoms with Crippen molar-refractivity contribution >= 4 is 40.8 Å². The van der Waals surface area contributed by atoms with Gasteiger partial charge in [0, 0.05) is 13.0 Å². The Bertz CT molecular complexity index is 867. The number of amides is 2. The Morgan fingerprint density at radius 2 is 1.57 bits per heavy atom. The van der Waals surface area contributed by atoms with Crippen LogP contribution in [-0.2, 0) is 4.79 Å². The predicted molar refractivity (Wildman–Crippen MR) is 118 cm³/mol. The molecule has 4 nitrogen and oxygen atoms in total. The number of halogens is 2. The van der Waals surface area contributed by atoms with Gasteiger partial charge in [0.05, 0.1) is 21.2 Å².